The Morgan fingerprint density at radius 2 is 1.93 bits per heavy atom. The number of hydrogen-bond donors (Lipinski definition) is 1. The second kappa shape index (κ2) is 11.4. The molecule has 0 aromatic heterocycles. The zero-order valence-electron chi connectivity index (χ0n) is 25.7. The van der Waals surface area contributed by atoms with E-state index in [9.17, 15) is 13.2 Å². The number of nitrogens with one attached hydrogen (secondary N) is 1. The molecule has 7 nitrogen and oxygen atoms in total. The molecule has 2 bridgehead atoms. The number of fused-ring (bicyclic) bond motifs is 5. The maximum absolute atomic E-state index is 13.4. The topological polar surface area (TPSA) is 84.9 Å². The summed E-state index contributed by atoms with van der Waals surface area (Å²) in [5, 5.41) is 0.0199. The van der Waals surface area contributed by atoms with Crippen molar-refractivity contribution >= 4 is 33.2 Å². The first kappa shape index (κ1) is 30.1. The van der Waals surface area contributed by atoms with Crippen LogP contribution in [0.1, 0.15) is 80.3 Å². The Bertz CT molecular complexity index is 1590. The van der Waals surface area contributed by atoms with Gasteiger partial charge in [0.2, 0.25) is 10.0 Å². The summed E-state index contributed by atoms with van der Waals surface area (Å²) in [4.78, 5) is 15.9. The molecule has 2 spiro atoms. The summed E-state index contributed by atoms with van der Waals surface area (Å²) < 4.78 is 42.2. The standard InChI is InChI=1S/C35H43ClN2O5S/c1-23-6-3-15-35(16-5-17-43-35)30-11-8-27(30)20-38-21-34(14-4-7-25-18-28(36)10-12-29(25)34)22-42-32-13-9-26(19-31(32)38)33(39)37-44(40,41)24(23)2/h3,9-10,12-13,15,18-19,23-24,27,30H,4-8,11,14,16-17,20-22H2,1-2H3,(H,37,39)/b15-3+/t23-,24+,27-,30+,34-,35-/m0/s1. The first-order valence-electron chi connectivity index (χ1n) is 16.3. The molecule has 3 heterocycles. The minimum atomic E-state index is -3.89. The van der Waals surface area contributed by atoms with Crippen LogP contribution in [0.4, 0.5) is 5.69 Å². The van der Waals surface area contributed by atoms with Gasteiger partial charge in [-0.1, -0.05) is 36.7 Å². The van der Waals surface area contributed by atoms with Crippen LogP contribution in [0.3, 0.4) is 0 Å². The number of ether oxygens (including phenoxy) is 2. The quantitative estimate of drug-likeness (QED) is 0.335. The average Bonchev–Trinajstić information content (AvgIpc) is 3.38. The minimum absolute atomic E-state index is 0.166. The third-order valence-electron chi connectivity index (χ3n) is 11.3. The summed E-state index contributed by atoms with van der Waals surface area (Å²) in [5.41, 5.74) is 3.21. The van der Waals surface area contributed by atoms with E-state index in [0.717, 1.165) is 81.1 Å². The second-order valence-electron chi connectivity index (χ2n) is 13.9. The van der Waals surface area contributed by atoms with Crippen molar-refractivity contribution in [3.63, 3.8) is 0 Å². The van der Waals surface area contributed by atoms with Crippen molar-refractivity contribution in [1.82, 2.24) is 4.72 Å². The van der Waals surface area contributed by atoms with Crippen molar-refractivity contribution < 1.29 is 22.7 Å². The number of aryl methyl sites for hydroxylation is 1. The molecule has 2 aliphatic carbocycles. The van der Waals surface area contributed by atoms with Crippen molar-refractivity contribution in [1.29, 1.82) is 0 Å². The number of rotatable bonds is 0. The summed E-state index contributed by atoms with van der Waals surface area (Å²) in [7, 11) is -3.89. The molecule has 0 radical (unpaired) electrons. The lowest BCUT2D eigenvalue weighted by Gasteiger charge is -2.49. The number of carbonyl (C=O) groups is 1. The van der Waals surface area contributed by atoms with Crippen molar-refractivity contribution in [2.75, 3.05) is 31.2 Å². The molecule has 6 atom stereocenters. The van der Waals surface area contributed by atoms with Gasteiger partial charge in [-0.2, -0.15) is 0 Å². The number of sulfonamides is 1. The van der Waals surface area contributed by atoms with Gasteiger partial charge >= 0.3 is 0 Å². The predicted molar refractivity (Wildman–Crippen MR) is 173 cm³/mol. The second-order valence-corrected chi connectivity index (χ2v) is 16.4. The molecule has 44 heavy (non-hydrogen) atoms. The van der Waals surface area contributed by atoms with E-state index >= 15 is 0 Å². The molecule has 2 fully saturated rings. The molecular weight excluding hydrogens is 596 g/mol. The van der Waals surface area contributed by atoms with E-state index in [4.69, 9.17) is 21.1 Å². The number of allylic oxidation sites excluding steroid dienone is 1. The van der Waals surface area contributed by atoms with E-state index in [2.05, 4.69) is 33.9 Å². The fourth-order valence-corrected chi connectivity index (χ4v) is 9.94. The monoisotopic (exact) mass is 638 g/mol. The molecule has 5 aliphatic rings. The molecule has 0 unspecified atom stereocenters. The third-order valence-corrected chi connectivity index (χ3v) is 13.5. The van der Waals surface area contributed by atoms with Gasteiger partial charge < -0.3 is 14.4 Å². The fourth-order valence-electron chi connectivity index (χ4n) is 8.46. The zero-order chi connectivity index (χ0) is 30.7. The zero-order valence-corrected chi connectivity index (χ0v) is 27.3. The van der Waals surface area contributed by atoms with Gasteiger partial charge in [-0.15, -0.1) is 0 Å². The normalized spacial score (nSPS) is 35.5. The molecule has 1 saturated carbocycles. The van der Waals surface area contributed by atoms with Gasteiger partial charge in [-0.25, -0.2) is 13.1 Å². The van der Waals surface area contributed by atoms with Gasteiger partial charge in [0.15, 0.2) is 0 Å². The molecule has 7 rings (SSSR count). The highest BCUT2D eigenvalue weighted by Crippen LogP contribution is 2.51. The van der Waals surface area contributed by atoms with E-state index in [1.54, 1.807) is 13.0 Å². The molecule has 1 saturated heterocycles. The number of benzene rings is 2. The van der Waals surface area contributed by atoms with Gasteiger partial charge in [0, 0.05) is 35.7 Å². The van der Waals surface area contributed by atoms with E-state index in [1.165, 1.54) is 11.1 Å². The van der Waals surface area contributed by atoms with E-state index in [1.807, 2.05) is 25.1 Å². The summed E-state index contributed by atoms with van der Waals surface area (Å²) in [6.45, 7) is 6.47. The number of nitrogens with zero attached hydrogens (tertiary/aromatic N) is 1. The highest BCUT2D eigenvalue weighted by atomic mass is 35.5. The van der Waals surface area contributed by atoms with Crippen LogP contribution in [0.5, 0.6) is 5.75 Å². The Labute approximate surface area is 266 Å². The Hall–Kier alpha value is -2.55. The first-order chi connectivity index (χ1) is 21.1. The highest BCUT2D eigenvalue weighted by Gasteiger charge is 2.50. The van der Waals surface area contributed by atoms with Crippen LogP contribution in [-0.2, 0) is 26.6 Å². The fraction of sp³-hybridized carbons (Fsp3) is 0.571. The Morgan fingerprint density at radius 3 is 2.70 bits per heavy atom. The molecule has 3 aliphatic heterocycles. The molecule has 1 amide bonds. The molecule has 9 heteroatoms. The van der Waals surface area contributed by atoms with Crippen LogP contribution in [0.25, 0.3) is 0 Å². The van der Waals surface area contributed by atoms with Gasteiger partial charge in [0.25, 0.3) is 5.91 Å². The van der Waals surface area contributed by atoms with Gasteiger partial charge in [0.1, 0.15) is 5.75 Å². The van der Waals surface area contributed by atoms with Crippen LogP contribution in [0.2, 0.25) is 5.02 Å². The lowest BCUT2D eigenvalue weighted by atomic mass is 9.63. The smallest absolute Gasteiger partial charge is 0.264 e. The van der Waals surface area contributed by atoms with Crippen molar-refractivity contribution in [2.45, 2.75) is 81.5 Å². The predicted octanol–water partition coefficient (Wildman–Crippen LogP) is 6.43. The number of carbonyl (C=O) groups excluding carboxylic acids is 1. The summed E-state index contributed by atoms with van der Waals surface area (Å²) >= 11 is 6.43. The van der Waals surface area contributed by atoms with Gasteiger partial charge in [-0.3, -0.25) is 4.79 Å². The van der Waals surface area contributed by atoms with Gasteiger partial charge in [-0.05, 0) is 118 Å². The Morgan fingerprint density at radius 1 is 1.07 bits per heavy atom. The maximum Gasteiger partial charge on any atom is 0.264 e. The minimum Gasteiger partial charge on any atom is -0.490 e. The van der Waals surface area contributed by atoms with Crippen LogP contribution >= 0.6 is 11.6 Å². The highest BCUT2D eigenvalue weighted by molar-refractivity contribution is 7.90. The third kappa shape index (κ3) is 5.25. The Kier molecular flexibility index (Phi) is 7.78. The molecular formula is C35H43ClN2O5S. The first-order valence-corrected chi connectivity index (χ1v) is 18.2. The molecule has 1 N–H and O–H groups in total. The van der Waals surface area contributed by atoms with Crippen molar-refractivity contribution in [3.05, 3.63) is 70.3 Å². The van der Waals surface area contributed by atoms with Crippen LogP contribution in [0.15, 0.2) is 48.6 Å². The SMILES string of the molecule is C[C@@H]1[C@@H](C)C/C=C/[C@]2(CCCO2)[C@@H]2CC[C@H]2CN2C[C@@]3(CCCc4cc(Cl)ccc43)COc3ccc(cc32)C(=O)NS1(=O)=O. The lowest BCUT2D eigenvalue weighted by molar-refractivity contribution is -0.0626. The lowest BCUT2D eigenvalue weighted by Crippen LogP contribution is -2.52. The number of halogens is 1. The van der Waals surface area contributed by atoms with Crippen molar-refractivity contribution in [2.24, 2.45) is 17.8 Å². The largest absolute Gasteiger partial charge is 0.490 e. The van der Waals surface area contributed by atoms with Crippen LogP contribution < -0.4 is 14.4 Å². The molecule has 2 aromatic carbocycles. The van der Waals surface area contributed by atoms with Crippen molar-refractivity contribution in [3.8, 4) is 5.75 Å². The van der Waals surface area contributed by atoms with E-state index < -0.39 is 21.2 Å². The van der Waals surface area contributed by atoms with Crippen LogP contribution in [0, 0.1) is 17.8 Å². The van der Waals surface area contributed by atoms with E-state index in [-0.39, 0.29) is 16.9 Å². The van der Waals surface area contributed by atoms with E-state index in [0.29, 0.717) is 30.4 Å². The summed E-state index contributed by atoms with van der Waals surface area (Å²) in [6.07, 6.45) is 12.3. The molecule has 236 valence electrons. The van der Waals surface area contributed by atoms with Gasteiger partial charge in [0.05, 0.1) is 23.1 Å². The number of anilines is 1. The Balaban J connectivity index is 1.32. The number of hydrogen-bond acceptors (Lipinski definition) is 6. The average molecular weight is 639 g/mol. The summed E-state index contributed by atoms with van der Waals surface area (Å²) in [6, 6.07) is 11.6. The molecule has 2 aromatic rings. The maximum atomic E-state index is 13.4. The number of amides is 1. The van der Waals surface area contributed by atoms with Crippen LogP contribution in [-0.4, -0.2) is 51.5 Å². The summed E-state index contributed by atoms with van der Waals surface area (Å²) in [5.74, 6) is 0.772.